The number of rotatable bonds is 1. The Morgan fingerprint density at radius 2 is 1.72 bits per heavy atom. The van der Waals surface area contributed by atoms with Gasteiger partial charge in [0.15, 0.2) is 0 Å². The Bertz CT molecular complexity index is 1120. The number of nitrogens with one attached hydrogen (secondary N) is 1. The zero-order valence-electron chi connectivity index (χ0n) is 13.7. The molecule has 0 atom stereocenters. The Labute approximate surface area is 155 Å². The molecule has 1 aliphatic rings. The maximum atomic E-state index is 5.10. The van der Waals surface area contributed by atoms with E-state index in [1.807, 2.05) is 6.07 Å². The molecule has 4 aromatic rings. The Morgan fingerprint density at radius 3 is 2.64 bits per heavy atom. The number of halogens is 1. The lowest BCUT2D eigenvalue weighted by molar-refractivity contribution is 0.646. The summed E-state index contributed by atoms with van der Waals surface area (Å²) in [5.74, 6) is 0. The molecule has 0 unspecified atom stereocenters. The molecule has 0 amide bonds. The second-order valence-corrected chi connectivity index (χ2v) is 7.36. The number of aromatic nitrogens is 1. The summed E-state index contributed by atoms with van der Waals surface area (Å²) < 4.78 is 1.09. The van der Waals surface area contributed by atoms with Gasteiger partial charge in [0.1, 0.15) is 0 Å². The van der Waals surface area contributed by atoms with Gasteiger partial charge in [0.05, 0.1) is 11.2 Å². The molecule has 25 heavy (non-hydrogen) atoms. The third-order valence-corrected chi connectivity index (χ3v) is 5.77. The summed E-state index contributed by atoms with van der Waals surface area (Å²) in [7, 11) is 0. The fourth-order valence-corrected chi connectivity index (χ4v) is 4.39. The van der Waals surface area contributed by atoms with Crippen LogP contribution >= 0.6 is 15.9 Å². The quantitative estimate of drug-likeness (QED) is 0.437. The summed E-state index contributed by atoms with van der Waals surface area (Å²) in [5, 5.41) is 7.45. The summed E-state index contributed by atoms with van der Waals surface area (Å²) in [6.45, 7) is 1.89. The molecule has 0 saturated carbocycles. The van der Waals surface area contributed by atoms with E-state index in [9.17, 15) is 0 Å². The van der Waals surface area contributed by atoms with E-state index in [1.54, 1.807) is 0 Å². The summed E-state index contributed by atoms with van der Waals surface area (Å²) in [6.07, 6.45) is 1.04. The van der Waals surface area contributed by atoms with E-state index in [0.717, 1.165) is 40.8 Å². The first-order valence-electron chi connectivity index (χ1n) is 8.62. The molecule has 0 aliphatic carbocycles. The highest BCUT2D eigenvalue weighted by atomic mass is 79.9. The Hall–Kier alpha value is -2.23. The maximum Gasteiger partial charge on any atom is 0.0768 e. The van der Waals surface area contributed by atoms with Gasteiger partial charge in [0, 0.05) is 22.0 Å². The van der Waals surface area contributed by atoms with Crippen molar-refractivity contribution in [2.75, 3.05) is 6.54 Å². The molecule has 2 nitrogen and oxygen atoms in total. The molecule has 1 aliphatic heterocycles. The standard InChI is InChI=1S/C22H17BrN2/c23-19-8-4-3-7-17(19)22-18-13-24-12-11-16(18)21-15-6-2-1-5-14(15)9-10-20(21)25-22/h1-10,24H,11-13H2. The molecule has 1 aromatic heterocycles. The van der Waals surface area contributed by atoms with Crippen molar-refractivity contribution in [3.05, 3.63) is 76.3 Å². The van der Waals surface area contributed by atoms with Gasteiger partial charge in [-0.1, -0.05) is 64.5 Å². The van der Waals surface area contributed by atoms with Crippen LogP contribution in [0.3, 0.4) is 0 Å². The van der Waals surface area contributed by atoms with Crippen molar-refractivity contribution in [3.8, 4) is 11.3 Å². The lowest BCUT2D eigenvalue weighted by atomic mass is 9.90. The van der Waals surface area contributed by atoms with E-state index < -0.39 is 0 Å². The minimum Gasteiger partial charge on any atom is -0.312 e. The van der Waals surface area contributed by atoms with Gasteiger partial charge < -0.3 is 5.32 Å². The smallest absolute Gasteiger partial charge is 0.0768 e. The highest BCUT2D eigenvalue weighted by Gasteiger charge is 2.21. The molecular weight excluding hydrogens is 372 g/mol. The summed E-state index contributed by atoms with van der Waals surface area (Å²) in [5.41, 5.74) is 6.13. The highest BCUT2D eigenvalue weighted by molar-refractivity contribution is 9.10. The first-order valence-corrected chi connectivity index (χ1v) is 9.41. The van der Waals surface area contributed by atoms with Gasteiger partial charge in [-0.2, -0.15) is 0 Å². The molecule has 0 saturated heterocycles. The molecule has 122 valence electrons. The van der Waals surface area contributed by atoms with E-state index in [2.05, 4.69) is 75.8 Å². The fourth-order valence-electron chi connectivity index (χ4n) is 3.92. The van der Waals surface area contributed by atoms with Crippen LogP contribution < -0.4 is 5.32 Å². The van der Waals surface area contributed by atoms with Crippen LogP contribution in [0.15, 0.2) is 65.1 Å². The number of nitrogens with zero attached hydrogens (tertiary/aromatic N) is 1. The number of hydrogen-bond donors (Lipinski definition) is 1. The van der Waals surface area contributed by atoms with Gasteiger partial charge in [0.2, 0.25) is 0 Å². The first kappa shape index (κ1) is 15.1. The van der Waals surface area contributed by atoms with Crippen LogP contribution in [-0.2, 0) is 13.0 Å². The van der Waals surface area contributed by atoms with Crippen LogP contribution in [0.4, 0.5) is 0 Å². The van der Waals surface area contributed by atoms with Crippen molar-refractivity contribution in [3.63, 3.8) is 0 Å². The monoisotopic (exact) mass is 388 g/mol. The minimum atomic E-state index is 0.873. The Kier molecular flexibility index (Phi) is 3.58. The van der Waals surface area contributed by atoms with E-state index in [-0.39, 0.29) is 0 Å². The lowest BCUT2D eigenvalue weighted by Crippen LogP contribution is -2.25. The average Bonchev–Trinajstić information content (AvgIpc) is 2.67. The van der Waals surface area contributed by atoms with E-state index >= 15 is 0 Å². The Balaban J connectivity index is 1.93. The zero-order valence-corrected chi connectivity index (χ0v) is 15.3. The Morgan fingerprint density at radius 1 is 0.880 bits per heavy atom. The number of pyridine rings is 1. The SMILES string of the molecule is Brc1ccccc1-c1nc2ccc3ccccc3c2c2c1CNCC2. The predicted molar refractivity (Wildman–Crippen MR) is 108 cm³/mol. The number of benzene rings is 3. The van der Waals surface area contributed by atoms with Crippen molar-refractivity contribution in [1.29, 1.82) is 0 Å². The predicted octanol–water partition coefficient (Wildman–Crippen LogP) is 5.46. The highest BCUT2D eigenvalue weighted by Crippen LogP contribution is 2.37. The minimum absolute atomic E-state index is 0.873. The van der Waals surface area contributed by atoms with Crippen LogP contribution in [0.2, 0.25) is 0 Å². The van der Waals surface area contributed by atoms with Gasteiger partial charge in [-0.15, -0.1) is 0 Å². The number of fused-ring (bicyclic) bond motifs is 5. The summed E-state index contributed by atoms with van der Waals surface area (Å²) >= 11 is 3.70. The molecular formula is C22H17BrN2. The van der Waals surface area contributed by atoms with Crippen LogP contribution in [0, 0.1) is 0 Å². The van der Waals surface area contributed by atoms with Crippen molar-refractivity contribution in [2.45, 2.75) is 13.0 Å². The molecule has 2 heterocycles. The molecule has 3 aromatic carbocycles. The van der Waals surface area contributed by atoms with Gasteiger partial charge in [0.25, 0.3) is 0 Å². The zero-order chi connectivity index (χ0) is 16.8. The van der Waals surface area contributed by atoms with Crippen molar-refractivity contribution in [1.82, 2.24) is 10.3 Å². The molecule has 0 radical (unpaired) electrons. The molecule has 0 bridgehead atoms. The number of hydrogen-bond acceptors (Lipinski definition) is 2. The fraction of sp³-hybridized carbons (Fsp3) is 0.136. The molecule has 3 heteroatoms. The van der Waals surface area contributed by atoms with Crippen molar-refractivity contribution >= 4 is 37.6 Å². The molecule has 1 N–H and O–H groups in total. The topological polar surface area (TPSA) is 24.9 Å². The third kappa shape index (κ3) is 2.38. The lowest BCUT2D eigenvalue weighted by Gasteiger charge is -2.23. The maximum absolute atomic E-state index is 5.10. The summed E-state index contributed by atoms with van der Waals surface area (Å²) in [6, 6.07) is 21.3. The molecule has 5 rings (SSSR count). The van der Waals surface area contributed by atoms with Crippen LogP contribution in [0.25, 0.3) is 32.9 Å². The second kappa shape index (κ2) is 5.94. The summed E-state index contributed by atoms with van der Waals surface area (Å²) in [4.78, 5) is 5.10. The van der Waals surface area contributed by atoms with Gasteiger partial charge in [-0.25, -0.2) is 4.98 Å². The van der Waals surface area contributed by atoms with Crippen LogP contribution in [-0.4, -0.2) is 11.5 Å². The van der Waals surface area contributed by atoms with Gasteiger partial charge in [-0.3, -0.25) is 0 Å². The third-order valence-electron chi connectivity index (χ3n) is 5.07. The van der Waals surface area contributed by atoms with Crippen molar-refractivity contribution in [2.24, 2.45) is 0 Å². The van der Waals surface area contributed by atoms with Gasteiger partial charge in [-0.05, 0) is 47.0 Å². The molecule has 0 spiro atoms. The normalized spacial score (nSPS) is 14.0. The van der Waals surface area contributed by atoms with E-state index in [4.69, 9.17) is 4.98 Å². The van der Waals surface area contributed by atoms with Crippen LogP contribution in [0.1, 0.15) is 11.1 Å². The van der Waals surface area contributed by atoms with Crippen molar-refractivity contribution < 1.29 is 0 Å². The van der Waals surface area contributed by atoms with E-state index in [1.165, 1.54) is 27.3 Å². The van der Waals surface area contributed by atoms with Crippen LogP contribution in [0.5, 0.6) is 0 Å². The average molecular weight is 389 g/mol. The first-order chi connectivity index (χ1) is 12.3. The second-order valence-electron chi connectivity index (χ2n) is 6.50. The van der Waals surface area contributed by atoms with E-state index in [0.29, 0.717) is 0 Å². The molecule has 0 fully saturated rings. The van der Waals surface area contributed by atoms with Gasteiger partial charge >= 0.3 is 0 Å². The largest absolute Gasteiger partial charge is 0.312 e.